The van der Waals surface area contributed by atoms with Gasteiger partial charge in [-0.2, -0.15) is 11.8 Å². The van der Waals surface area contributed by atoms with Crippen molar-refractivity contribution in [3.8, 4) is 5.75 Å². The predicted octanol–water partition coefficient (Wildman–Crippen LogP) is 0.288. The summed E-state index contributed by atoms with van der Waals surface area (Å²) >= 11 is 1.54. The number of hydrogen-bond acceptors (Lipinski definition) is 12. The number of carbonyl (C=O) groups excluding carboxylic acids is 7. The summed E-state index contributed by atoms with van der Waals surface area (Å²) in [5.41, 5.74) is 8.12. The Kier molecular flexibility index (Phi) is 19.2. The number of nitrogens with zero attached hydrogens (tertiary/aromatic N) is 2. The molecule has 2 aromatic carbocycles. The molecule has 5 rings (SSSR count). The minimum atomic E-state index is -1.53. The maximum atomic E-state index is 14.7. The molecular weight excluding hydrogens is 899 g/mol. The molecule has 9 atom stereocenters. The second kappa shape index (κ2) is 24.7. The number of aromatic hydroxyl groups is 1. The van der Waals surface area contributed by atoms with Gasteiger partial charge in [0.25, 0.3) is 0 Å². The van der Waals surface area contributed by atoms with Crippen LogP contribution in [-0.2, 0) is 51.2 Å². The SMILES string of the molecule is CC[C@@H](C)[C@@H](NC(=O)[C@@H](Cc1c[nH]c2ccccc12)NC(=O)[C@@H]1CCCN1C(=O)[C@@H](Cc1ccc(O)cc1)NC(=O)[C@@H](CO)NC(=O)[C@H]1CCCN1C(=O)[C@H](N)CCSC)C(=O)N[C@H](C)C(=O)O. The van der Waals surface area contributed by atoms with Crippen LogP contribution in [0, 0.1) is 5.92 Å². The quantitative estimate of drug-likeness (QED) is 0.0612. The lowest BCUT2D eigenvalue weighted by molar-refractivity contribution is -0.143. The Morgan fingerprint density at radius 1 is 0.779 bits per heavy atom. The van der Waals surface area contributed by atoms with Gasteiger partial charge < -0.3 is 62.4 Å². The van der Waals surface area contributed by atoms with Gasteiger partial charge in [-0.05, 0) is 86.3 Å². The van der Waals surface area contributed by atoms with Crippen LogP contribution in [0.1, 0.15) is 70.4 Å². The van der Waals surface area contributed by atoms with Crippen molar-refractivity contribution in [2.24, 2.45) is 11.7 Å². The molecule has 1 aromatic heterocycles. The zero-order chi connectivity index (χ0) is 49.7. The number of nitrogens with one attached hydrogen (secondary N) is 6. The van der Waals surface area contributed by atoms with Gasteiger partial charge in [0.1, 0.15) is 48.0 Å². The molecule has 20 nitrogen and oxygen atoms in total. The number of H-pyrrole nitrogens is 1. The number of fused-ring (bicyclic) bond motifs is 1. The number of benzene rings is 2. The van der Waals surface area contributed by atoms with Crippen LogP contribution in [0.15, 0.2) is 54.7 Å². The number of aliphatic hydroxyl groups excluding tert-OH is 1. The lowest BCUT2D eigenvalue weighted by Gasteiger charge is -2.31. The third kappa shape index (κ3) is 13.5. The molecule has 0 unspecified atom stereocenters. The molecule has 21 heteroatoms. The number of carboxylic acid groups (broad SMARTS) is 1. The number of likely N-dealkylation sites (tertiary alicyclic amines) is 2. The van der Waals surface area contributed by atoms with Gasteiger partial charge in [0, 0.05) is 43.0 Å². The van der Waals surface area contributed by atoms with Gasteiger partial charge in [-0.3, -0.25) is 38.4 Å². The number of aromatic amines is 1. The molecule has 0 spiro atoms. The molecule has 11 N–H and O–H groups in total. The van der Waals surface area contributed by atoms with E-state index in [2.05, 4.69) is 31.6 Å². The number of phenolic OH excluding ortho intramolecular Hbond substituents is 1. The number of thioether (sulfide) groups is 1. The first-order valence-corrected chi connectivity index (χ1v) is 24.4. The highest BCUT2D eigenvalue weighted by Gasteiger charge is 2.42. The van der Waals surface area contributed by atoms with Crippen LogP contribution in [-0.4, -0.2) is 157 Å². The Balaban J connectivity index is 1.37. The fourth-order valence-corrected chi connectivity index (χ4v) is 9.00. The Bertz CT molecular complexity index is 2280. The van der Waals surface area contributed by atoms with Crippen LogP contribution in [0.2, 0.25) is 0 Å². The van der Waals surface area contributed by atoms with E-state index in [1.54, 1.807) is 25.3 Å². The molecule has 0 saturated carbocycles. The third-order valence-corrected chi connectivity index (χ3v) is 13.3. The molecule has 0 radical (unpaired) electrons. The summed E-state index contributed by atoms with van der Waals surface area (Å²) in [6, 6.07) is 3.86. The second-order valence-electron chi connectivity index (χ2n) is 17.5. The molecule has 0 bridgehead atoms. The van der Waals surface area contributed by atoms with Gasteiger partial charge in [0.05, 0.1) is 12.6 Å². The normalized spacial score (nSPS) is 18.9. The van der Waals surface area contributed by atoms with Crippen molar-refractivity contribution in [3.63, 3.8) is 0 Å². The van der Waals surface area contributed by atoms with Crippen molar-refractivity contribution >= 4 is 70.0 Å². The Labute approximate surface area is 399 Å². The molecule has 370 valence electrons. The first-order valence-electron chi connectivity index (χ1n) is 23.0. The summed E-state index contributed by atoms with van der Waals surface area (Å²) in [4.78, 5) is 115. The van der Waals surface area contributed by atoms with Crippen molar-refractivity contribution in [2.75, 3.05) is 31.7 Å². The van der Waals surface area contributed by atoms with Gasteiger partial charge in [0.15, 0.2) is 0 Å². The summed E-state index contributed by atoms with van der Waals surface area (Å²) in [5, 5.41) is 43.8. The third-order valence-electron chi connectivity index (χ3n) is 12.7. The summed E-state index contributed by atoms with van der Waals surface area (Å²) in [6.45, 7) is 4.39. The number of rotatable bonds is 23. The molecule has 2 aliphatic rings. The van der Waals surface area contributed by atoms with Crippen LogP contribution < -0.4 is 32.3 Å². The average molecular weight is 964 g/mol. The number of amides is 7. The highest BCUT2D eigenvalue weighted by molar-refractivity contribution is 7.98. The van der Waals surface area contributed by atoms with E-state index in [1.165, 1.54) is 40.6 Å². The van der Waals surface area contributed by atoms with E-state index in [-0.39, 0.29) is 37.5 Å². The number of nitrogens with two attached hydrogens (primary N) is 1. The van der Waals surface area contributed by atoms with E-state index >= 15 is 0 Å². The lowest BCUT2D eigenvalue weighted by Crippen LogP contribution is -2.61. The number of para-hydroxylation sites is 1. The average Bonchev–Trinajstić information content (AvgIpc) is 4.12. The molecule has 2 saturated heterocycles. The predicted molar refractivity (Wildman–Crippen MR) is 254 cm³/mol. The fraction of sp³-hybridized carbons (Fsp3) is 0.532. The van der Waals surface area contributed by atoms with E-state index in [4.69, 9.17) is 5.73 Å². The second-order valence-corrected chi connectivity index (χ2v) is 18.5. The van der Waals surface area contributed by atoms with Crippen LogP contribution in [0.5, 0.6) is 5.75 Å². The molecule has 2 fully saturated rings. The maximum absolute atomic E-state index is 14.7. The number of hydrogen-bond donors (Lipinski definition) is 10. The first kappa shape index (κ1) is 52.8. The largest absolute Gasteiger partial charge is 0.508 e. The molecule has 3 aromatic rings. The van der Waals surface area contributed by atoms with Crippen molar-refractivity contribution in [1.29, 1.82) is 0 Å². The van der Waals surface area contributed by atoms with E-state index in [0.29, 0.717) is 55.5 Å². The van der Waals surface area contributed by atoms with Crippen molar-refractivity contribution in [3.05, 3.63) is 65.9 Å². The van der Waals surface area contributed by atoms with E-state index < -0.39 is 102 Å². The zero-order valence-electron chi connectivity index (χ0n) is 38.9. The number of carboxylic acids is 1. The van der Waals surface area contributed by atoms with Gasteiger partial charge in [-0.1, -0.05) is 50.6 Å². The smallest absolute Gasteiger partial charge is 0.325 e. The highest BCUT2D eigenvalue weighted by Crippen LogP contribution is 2.24. The Morgan fingerprint density at radius 3 is 1.99 bits per heavy atom. The molecule has 7 amide bonds. The summed E-state index contributed by atoms with van der Waals surface area (Å²) in [7, 11) is 0. The van der Waals surface area contributed by atoms with Gasteiger partial charge in [-0.15, -0.1) is 0 Å². The summed E-state index contributed by atoms with van der Waals surface area (Å²) in [5.74, 6) is -5.84. The number of aliphatic hydroxyl groups is 1. The topological polar surface area (TPSA) is 306 Å². The van der Waals surface area contributed by atoms with Crippen molar-refractivity contribution in [1.82, 2.24) is 41.4 Å². The van der Waals surface area contributed by atoms with Crippen LogP contribution in [0.4, 0.5) is 0 Å². The number of phenols is 1. The van der Waals surface area contributed by atoms with Crippen LogP contribution in [0.25, 0.3) is 10.9 Å². The number of aromatic nitrogens is 1. The highest BCUT2D eigenvalue weighted by atomic mass is 32.2. The van der Waals surface area contributed by atoms with E-state index in [9.17, 15) is 53.7 Å². The van der Waals surface area contributed by atoms with Gasteiger partial charge >= 0.3 is 5.97 Å². The van der Waals surface area contributed by atoms with Crippen molar-refractivity contribution in [2.45, 2.75) is 120 Å². The first-order chi connectivity index (χ1) is 32.5. The minimum Gasteiger partial charge on any atom is -0.508 e. The molecule has 0 aliphatic carbocycles. The van der Waals surface area contributed by atoms with Crippen LogP contribution in [0.3, 0.4) is 0 Å². The Hall–Kier alpha value is -6.19. The maximum Gasteiger partial charge on any atom is 0.325 e. The van der Waals surface area contributed by atoms with E-state index in [1.807, 2.05) is 37.4 Å². The number of carbonyl (C=O) groups is 8. The lowest BCUT2D eigenvalue weighted by atomic mass is 9.96. The van der Waals surface area contributed by atoms with Crippen molar-refractivity contribution < 1.29 is 53.7 Å². The number of aliphatic carboxylic acids is 1. The fourth-order valence-electron chi connectivity index (χ4n) is 8.51. The van der Waals surface area contributed by atoms with E-state index in [0.717, 1.165) is 10.9 Å². The molecule has 68 heavy (non-hydrogen) atoms. The standard InChI is InChI=1S/C47H65N9O11S/c1-5-26(2)39(44(63)50-27(3)47(66)67)54-40(59)34(23-29-24-49-33-11-7-6-10-31(29)33)51-42(61)38-13-9-20-56(38)46(65)35(22-28-14-16-30(58)17-15-28)52-41(60)36(25-57)53-43(62)37-12-8-19-55(37)45(64)32(48)18-21-68-4/h6-7,10-11,14-17,24,26-27,32,34-39,49,57-58H,5,8-9,12-13,18-23,25,48H2,1-4H3,(H,50,63)(H,51,61)(H,52,60)(H,53,62)(H,54,59)(H,66,67)/t26-,27-,32-,34-,35-,36-,37-,38+,39-/m1/s1. The van der Waals surface area contributed by atoms with Crippen LogP contribution >= 0.6 is 11.8 Å². The monoisotopic (exact) mass is 963 g/mol. The summed E-state index contributed by atoms with van der Waals surface area (Å²) in [6.07, 6.45) is 5.73. The van der Waals surface area contributed by atoms with Gasteiger partial charge in [-0.25, -0.2) is 0 Å². The Morgan fingerprint density at radius 2 is 1.38 bits per heavy atom. The molecule has 2 aliphatic heterocycles. The molecular formula is C47H65N9O11S. The summed E-state index contributed by atoms with van der Waals surface area (Å²) < 4.78 is 0. The zero-order valence-corrected chi connectivity index (χ0v) is 39.7. The van der Waals surface area contributed by atoms with Gasteiger partial charge in [0.2, 0.25) is 41.4 Å². The molecule has 3 heterocycles. The minimum absolute atomic E-state index is 0.0337.